The van der Waals surface area contributed by atoms with E-state index in [4.69, 9.17) is 4.42 Å². The summed E-state index contributed by atoms with van der Waals surface area (Å²) < 4.78 is 7.23. The van der Waals surface area contributed by atoms with Gasteiger partial charge in [-0.2, -0.15) is 0 Å². The highest BCUT2D eigenvalue weighted by molar-refractivity contribution is 6.06. The highest BCUT2D eigenvalue weighted by Crippen LogP contribution is 2.30. The summed E-state index contributed by atoms with van der Waals surface area (Å²) >= 11 is 0. The number of carbonyl (C=O) groups excluding carboxylic acids is 1. The van der Waals surface area contributed by atoms with Gasteiger partial charge in [0.1, 0.15) is 17.5 Å². The molecule has 0 saturated carbocycles. The third-order valence-electron chi connectivity index (χ3n) is 5.38. The van der Waals surface area contributed by atoms with Crippen molar-refractivity contribution in [2.45, 2.75) is 39.7 Å². The lowest BCUT2D eigenvalue weighted by Crippen LogP contribution is -2.30. The highest BCUT2D eigenvalue weighted by atomic mass is 16.3. The molecule has 1 amide bonds. The Balaban J connectivity index is 1.68. The van der Waals surface area contributed by atoms with Gasteiger partial charge in [-0.3, -0.25) is 14.2 Å². The Hall–Kier alpha value is -2.89. The minimum Gasteiger partial charge on any atom is -0.442 e. The van der Waals surface area contributed by atoms with Crippen LogP contribution in [0.25, 0.3) is 11.1 Å². The molecule has 1 aliphatic rings. The van der Waals surface area contributed by atoms with Gasteiger partial charge in [-0.05, 0) is 24.8 Å². The lowest BCUT2D eigenvalue weighted by Gasteiger charge is -2.16. The van der Waals surface area contributed by atoms with Crippen LogP contribution in [0.5, 0.6) is 0 Å². The smallest absolute Gasteiger partial charge is 0.265 e. The minimum atomic E-state index is -0.210. The predicted molar refractivity (Wildman–Crippen MR) is 108 cm³/mol. The van der Waals surface area contributed by atoms with Crippen molar-refractivity contribution in [3.8, 4) is 0 Å². The van der Waals surface area contributed by atoms with Gasteiger partial charge in [0.15, 0.2) is 0 Å². The first-order chi connectivity index (χ1) is 13.5. The number of aryl methyl sites for hydroxylation is 1. The summed E-state index contributed by atoms with van der Waals surface area (Å²) in [5.74, 6) is 0.930. The summed E-state index contributed by atoms with van der Waals surface area (Å²) in [6, 6.07) is 10.3. The second-order valence-corrected chi connectivity index (χ2v) is 7.96. The van der Waals surface area contributed by atoms with Crippen molar-refractivity contribution in [3.05, 3.63) is 63.9 Å². The van der Waals surface area contributed by atoms with Crippen LogP contribution in [0.1, 0.15) is 47.9 Å². The van der Waals surface area contributed by atoms with Crippen LogP contribution in [0.2, 0.25) is 0 Å². The number of hydrogen-bond acceptors (Lipinski definition) is 4. The third-order valence-corrected chi connectivity index (χ3v) is 5.38. The van der Waals surface area contributed by atoms with Crippen LogP contribution in [0.15, 0.2) is 45.9 Å². The Kier molecular flexibility index (Phi) is 4.79. The average molecular weight is 379 g/mol. The van der Waals surface area contributed by atoms with Gasteiger partial charge >= 0.3 is 0 Å². The van der Waals surface area contributed by atoms with E-state index >= 15 is 0 Å². The molecular weight excluding hydrogens is 354 g/mol. The number of carbonyl (C=O) groups is 1. The second-order valence-electron chi connectivity index (χ2n) is 7.96. The first-order valence-electron chi connectivity index (χ1n) is 9.78. The topological polar surface area (TPSA) is 68.3 Å². The average Bonchev–Trinajstić information content (AvgIpc) is 3.29. The van der Waals surface area contributed by atoms with E-state index in [0.717, 1.165) is 6.42 Å². The third kappa shape index (κ3) is 3.23. The molecule has 2 aromatic heterocycles. The van der Waals surface area contributed by atoms with Crippen molar-refractivity contribution in [1.29, 1.82) is 0 Å². The minimum absolute atomic E-state index is 0.143. The number of likely N-dealkylation sites (tertiary alicyclic amines) is 1. The summed E-state index contributed by atoms with van der Waals surface area (Å²) in [5.41, 5.74) is 1.63. The molecule has 6 nitrogen and oxygen atoms in total. The van der Waals surface area contributed by atoms with Gasteiger partial charge in [-0.25, -0.2) is 4.98 Å². The molecule has 4 rings (SSSR count). The molecule has 1 fully saturated rings. The number of aromatic nitrogens is 2. The van der Waals surface area contributed by atoms with Crippen LogP contribution < -0.4 is 5.56 Å². The van der Waals surface area contributed by atoms with Crippen LogP contribution >= 0.6 is 0 Å². The lowest BCUT2D eigenvalue weighted by molar-refractivity contribution is 0.0790. The molecule has 0 unspecified atom stereocenters. The summed E-state index contributed by atoms with van der Waals surface area (Å²) in [6.07, 6.45) is 2.42. The standard InChI is InChI=1S/C22H25N3O3/c1-14(2)11-25-13-23-20-19(22(25)27)18(15(3)28-20)21(26)24-10-9-17(12-24)16-7-5-4-6-8-16/h4-8,13-14,17H,9-12H2,1-3H3/t17-/m0/s1. The Morgan fingerprint density at radius 3 is 2.75 bits per heavy atom. The van der Waals surface area contributed by atoms with Gasteiger partial charge in [0.25, 0.3) is 11.5 Å². The second kappa shape index (κ2) is 7.26. The Labute approximate surface area is 163 Å². The number of amides is 1. The van der Waals surface area contributed by atoms with Crippen molar-refractivity contribution >= 4 is 17.0 Å². The molecular formula is C22H25N3O3. The fourth-order valence-electron chi connectivity index (χ4n) is 4.02. The van der Waals surface area contributed by atoms with Crippen molar-refractivity contribution in [2.24, 2.45) is 5.92 Å². The molecule has 0 N–H and O–H groups in total. The van der Waals surface area contributed by atoms with Gasteiger partial charge in [-0.1, -0.05) is 44.2 Å². The molecule has 1 atom stereocenters. The fourth-order valence-corrected chi connectivity index (χ4v) is 4.02. The number of hydrogen-bond donors (Lipinski definition) is 0. The van der Waals surface area contributed by atoms with Crippen LogP contribution in [0.3, 0.4) is 0 Å². The Bertz CT molecular complexity index is 1070. The van der Waals surface area contributed by atoms with Crippen LogP contribution in [0.4, 0.5) is 0 Å². The zero-order chi connectivity index (χ0) is 19.8. The van der Waals surface area contributed by atoms with E-state index in [1.54, 1.807) is 11.5 Å². The number of nitrogens with zero attached hydrogens (tertiary/aromatic N) is 3. The van der Waals surface area contributed by atoms with E-state index in [1.165, 1.54) is 11.9 Å². The zero-order valence-corrected chi connectivity index (χ0v) is 16.5. The normalized spacial score (nSPS) is 17.0. The molecule has 1 aromatic carbocycles. The number of fused-ring (bicyclic) bond motifs is 1. The molecule has 0 aliphatic carbocycles. The van der Waals surface area contributed by atoms with E-state index < -0.39 is 0 Å². The number of benzene rings is 1. The van der Waals surface area contributed by atoms with Gasteiger partial charge in [0.05, 0.1) is 5.56 Å². The zero-order valence-electron chi connectivity index (χ0n) is 16.5. The summed E-state index contributed by atoms with van der Waals surface area (Å²) in [6.45, 7) is 7.68. The first-order valence-corrected chi connectivity index (χ1v) is 9.78. The molecule has 0 spiro atoms. The molecule has 3 heterocycles. The first kappa shape index (κ1) is 18.5. The molecule has 146 valence electrons. The SMILES string of the molecule is Cc1oc2ncn(CC(C)C)c(=O)c2c1C(=O)N1CC[C@H](c2ccccc2)C1. The Morgan fingerprint density at radius 1 is 1.29 bits per heavy atom. The van der Waals surface area contributed by atoms with Crippen LogP contribution in [-0.2, 0) is 6.54 Å². The van der Waals surface area contributed by atoms with Gasteiger partial charge in [0, 0.05) is 25.6 Å². The molecule has 28 heavy (non-hydrogen) atoms. The molecule has 0 bridgehead atoms. The molecule has 3 aromatic rings. The van der Waals surface area contributed by atoms with E-state index in [0.29, 0.717) is 48.2 Å². The van der Waals surface area contributed by atoms with E-state index in [-0.39, 0.29) is 17.2 Å². The fraction of sp³-hybridized carbons (Fsp3) is 0.409. The maximum Gasteiger partial charge on any atom is 0.265 e. The van der Waals surface area contributed by atoms with Crippen molar-refractivity contribution in [3.63, 3.8) is 0 Å². The molecule has 0 radical (unpaired) electrons. The van der Waals surface area contributed by atoms with Crippen molar-refractivity contribution < 1.29 is 9.21 Å². The molecule has 1 saturated heterocycles. The van der Waals surface area contributed by atoms with Crippen LogP contribution in [0, 0.1) is 12.8 Å². The maximum absolute atomic E-state index is 13.3. The monoisotopic (exact) mass is 379 g/mol. The van der Waals surface area contributed by atoms with Crippen molar-refractivity contribution in [2.75, 3.05) is 13.1 Å². The Morgan fingerprint density at radius 2 is 2.04 bits per heavy atom. The lowest BCUT2D eigenvalue weighted by atomic mass is 9.99. The number of rotatable bonds is 4. The largest absolute Gasteiger partial charge is 0.442 e. The molecule has 6 heteroatoms. The van der Waals surface area contributed by atoms with Gasteiger partial charge in [0.2, 0.25) is 5.71 Å². The van der Waals surface area contributed by atoms with E-state index in [2.05, 4.69) is 17.1 Å². The predicted octanol–water partition coefficient (Wildman–Crippen LogP) is 3.58. The molecule has 1 aliphatic heterocycles. The quantitative estimate of drug-likeness (QED) is 0.695. The van der Waals surface area contributed by atoms with Crippen LogP contribution in [-0.4, -0.2) is 33.4 Å². The number of furan rings is 1. The van der Waals surface area contributed by atoms with E-state index in [9.17, 15) is 9.59 Å². The van der Waals surface area contributed by atoms with E-state index in [1.807, 2.05) is 36.9 Å². The highest BCUT2D eigenvalue weighted by Gasteiger charge is 2.32. The summed E-state index contributed by atoms with van der Waals surface area (Å²) in [5, 5.41) is 0.300. The summed E-state index contributed by atoms with van der Waals surface area (Å²) in [7, 11) is 0. The summed E-state index contributed by atoms with van der Waals surface area (Å²) in [4.78, 5) is 32.4. The maximum atomic E-state index is 13.3. The van der Waals surface area contributed by atoms with Crippen molar-refractivity contribution in [1.82, 2.24) is 14.5 Å². The van der Waals surface area contributed by atoms with Gasteiger partial charge in [-0.15, -0.1) is 0 Å². The van der Waals surface area contributed by atoms with Gasteiger partial charge < -0.3 is 9.32 Å².